The second-order valence-electron chi connectivity index (χ2n) is 5.61. The SMILES string of the molecule is COc1cccc(/C=C2\C(=O)NC(=O)N(c3cccc(Cl)c3Cl)C2=O)c1OC. The first-order chi connectivity index (χ1) is 13.4. The van der Waals surface area contributed by atoms with Crippen molar-refractivity contribution in [3.63, 3.8) is 0 Å². The van der Waals surface area contributed by atoms with Crippen molar-refractivity contribution in [2.45, 2.75) is 0 Å². The predicted molar refractivity (Wildman–Crippen MR) is 105 cm³/mol. The van der Waals surface area contributed by atoms with Crippen molar-refractivity contribution in [1.82, 2.24) is 5.32 Å². The highest BCUT2D eigenvalue weighted by atomic mass is 35.5. The number of amides is 4. The number of nitrogens with zero attached hydrogens (tertiary/aromatic N) is 1. The Kier molecular flexibility index (Phi) is 5.58. The molecule has 1 aliphatic rings. The number of imide groups is 2. The molecule has 7 nitrogen and oxygen atoms in total. The molecule has 3 rings (SSSR count). The van der Waals surface area contributed by atoms with Gasteiger partial charge in [-0.25, -0.2) is 9.69 Å². The molecule has 4 amide bonds. The van der Waals surface area contributed by atoms with Gasteiger partial charge in [-0.2, -0.15) is 0 Å². The first kappa shape index (κ1) is 19.7. The van der Waals surface area contributed by atoms with Gasteiger partial charge in [0.2, 0.25) is 0 Å². The summed E-state index contributed by atoms with van der Waals surface area (Å²) in [5.74, 6) is -0.925. The Morgan fingerprint density at radius 2 is 1.71 bits per heavy atom. The molecule has 28 heavy (non-hydrogen) atoms. The van der Waals surface area contributed by atoms with E-state index in [1.54, 1.807) is 18.2 Å². The molecule has 0 atom stereocenters. The van der Waals surface area contributed by atoms with Gasteiger partial charge in [0.05, 0.1) is 30.0 Å². The molecule has 144 valence electrons. The second kappa shape index (κ2) is 7.92. The molecule has 0 bridgehead atoms. The van der Waals surface area contributed by atoms with E-state index in [4.69, 9.17) is 32.7 Å². The van der Waals surface area contributed by atoms with Crippen LogP contribution in [0.15, 0.2) is 42.0 Å². The number of para-hydroxylation sites is 1. The van der Waals surface area contributed by atoms with E-state index in [1.807, 2.05) is 0 Å². The Morgan fingerprint density at radius 3 is 2.39 bits per heavy atom. The van der Waals surface area contributed by atoms with Gasteiger partial charge in [0.15, 0.2) is 11.5 Å². The summed E-state index contributed by atoms with van der Waals surface area (Å²) in [7, 11) is 2.90. The minimum Gasteiger partial charge on any atom is -0.493 e. The van der Waals surface area contributed by atoms with Crippen molar-refractivity contribution >= 4 is 52.8 Å². The van der Waals surface area contributed by atoms with Crippen LogP contribution >= 0.6 is 23.2 Å². The highest BCUT2D eigenvalue weighted by molar-refractivity contribution is 6.46. The minimum absolute atomic E-state index is 0.0142. The Hall–Kier alpha value is -3.03. The maximum absolute atomic E-state index is 13.0. The van der Waals surface area contributed by atoms with Gasteiger partial charge in [-0.3, -0.25) is 14.9 Å². The van der Waals surface area contributed by atoms with Crippen LogP contribution in [0.1, 0.15) is 5.56 Å². The summed E-state index contributed by atoms with van der Waals surface area (Å²) in [6, 6.07) is 8.57. The monoisotopic (exact) mass is 420 g/mol. The summed E-state index contributed by atoms with van der Waals surface area (Å²) in [6.45, 7) is 0. The molecule has 9 heteroatoms. The normalized spacial score (nSPS) is 15.6. The van der Waals surface area contributed by atoms with E-state index in [2.05, 4.69) is 5.32 Å². The summed E-state index contributed by atoms with van der Waals surface area (Å²) < 4.78 is 10.5. The number of hydrogen-bond acceptors (Lipinski definition) is 5. The number of carbonyl (C=O) groups is 3. The number of nitrogens with one attached hydrogen (secondary N) is 1. The van der Waals surface area contributed by atoms with E-state index in [0.717, 1.165) is 4.90 Å². The lowest BCUT2D eigenvalue weighted by atomic mass is 10.1. The van der Waals surface area contributed by atoms with Gasteiger partial charge in [0.25, 0.3) is 11.8 Å². The maximum atomic E-state index is 13.0. The molecule has 0 saturated carbocycles. The van der Waals surface area contributed by atoms with Crippen LogP contribution in [0.3, 0.4) is 0 Å². The number of ether oxygens (including phenoxy) is 2. The van der Waals surface area contributed by atoms with E-state index in [1.165, 1.54) is 38.5 Å². The number of rotatable bonds is 4. The number of urea groups is 1. The van der Waals surface area contributed by atoms with Crippen LogP contribution in [0.25, 0.3) is 6.08 Å². The van der Waals surface area contributed by atoms with Crippen LogP contribution in [0, 0.1) is 0 Å². The fourth-order valence-electron chi connectivity index (χ4n) is 2.72. The smallest absolute Gasteiger partial charge is 0.336 e. The largest absolute Gasteiger partial charge is 0.493 e. The molecule has 1 fully saturated rings. The molecule has 0 aromatic heterocycles. The van der Waals surface area contributed by atoms with Crippen molar-refractivity contribution < 1.29 is 23.9 Å². The maximum Gasteiger partial charge on any atom is 0.336 e. The van der Waals surface area contributed by atoms with Gasteiger partial charge in [0, 0.05) is 5.56 Å². The van der Waals surface area contributed by atoms with Crippen molar-refractivity contribution in [3.8, 4) is 11.5 Å². The lowest BCUT2D eigenvalue weighted by Gasteiger charge is -2.27. The molecule has 0 unspecified atom stereocenters. The molecule has 2 aromatic carbocycles. The lowest BCUT2D eigenvalue weighted by molar-refractivity contribution is -0.122. The number of anilines is 1. The Bertz CT molecular complexity index is 1020. The zero-order chi connectivity index (χ0) is 20.4. The van der Waals surface area contributed by atoms with E-state index >= 15 is 0 Å². The van der Waals surface area contributed by atoms with Crippen LogP contribution in [0.4, 0.5) is 10.5 Å². The highest BCUT2D eigenvalue weighted by Crippen LogP contribution is 2.36. The van der Waals surface area contributed by atoms with Crippen molar-refractivity contribution in [1.29, 1.82) is 0 Å². The average Bonchev–Trinajstić information content (AvgIpc) is 2.67. The molecule has 1 N–H and O–H groups in total. The topological polar surface area (TPSA) is 84.9 Å². The van der Waals surface area contributed by atoms with E-state index in [0.29, 0.717) is 17.1 Å². The molecule has 0 radical (unpaired) electrons. The van der Waals surface area contributed by atoms with Gasteiger partial charge in [-0.1, -0.05) is 41.4 Å². The van der Waals surface area contributed by atoms with Gasteiger partial charge in [-0.15, -0.1) is 0 Å². The standard InChI is InChI=1S/C19H14Cl2N2O5/c1-27-14-8-3-5-10(16(14)28-2)9-11-17(24)22-19(26)23(18(11)25)13-7-4-6-12(20)15(13)21/h3-9H,1-2H3,(H,22,24,26)/b11-9+. The summed E-state index contributed by atoms with van der Waals surface area (Å²) in [6.07, 6.45) is 1.32. The molecular weight excluding hydrogens is 407 g/mol. The molecule has 1 saturated heterocycles. The van der Waals surface area contributed by atoms with E-state index < -0.39 is 17.8 Å². The number of hydrogen-bond donors (Lipinski definition) is 1. The fraction of sp³-hybridized carbons (Fsp3) is 0.105. The minimum atomic E-state index is -0.922. The molecule has 1 aliphatic heterocycles. The summed E-state index contributed by atoms with van der Waals surface area (Å²) in [5.41, 5.74) is 0.210. The molecule has 0 spiro atoms. The summed E-state index contributed by atoms with van der Waals surface area (Å²) >= 11 is 12.1. The summed E-state index contributed by atoms with van der Waals surface area (Å²) in [5, 5.41) is 2.30. The van der Waals surface area contributed by atoms with E-state index in [9.17, 15) is 14.4 Å². The Morgan fingerprint density at radius 1 is 1.00 bits per heavy atom. The van der Waals surface area contributed by atoms with E-state index in [-0.39, 0.29) is 21.3 Å². The molecular formula is C19H14Cl2N2O5. The quantitative estimate of drug-likeness (QED) is 0.602. The van der Waals surface area contributed by atoms with Crippen molar-refractivity contribution in [3.05, 3.63) is 57.6 Å². The predicted octanol–water partition coefficient (Wildman–Crippen LogP) is 3.68. The lowest BCUT2D eigenvalue weighted by Crippen LogP contribution is -2.54. The van der Waals surface area contributed by atoms with Crippen molar-refractivity contribution in [2.75, 3.05) is 19.1 Å². The fourth-order valence-corrected chi connectivity index (χ4v) is 3.10. The van der Waals surface area contributed by atoms with Crippen LogP contribution < -0.4 is 19.7 Å². The summed E-state index contributed by atoms with van der Waals surface area (Å²) in [4.78, 5) is 38.4. The third kappa shape index (κ3) is 3.42. The number of carbonyl (C=O) groups excluding carboxylic acids is 3. The number of benzene rings is 2. The number of methoxy groups -OCH3 is 2. The van der Waals surface area contributed by atoms with Crippen LogP contribution in [0.5, 0.6) is 11.5 Å². The van der Waals surface area contributed by atoms with Crippen molar-refractivity contribution in [2.24, 2.45) is 0 Å². The van der Waals surface area contributed by atoms with Gasteiger partial charge < -0.3 is 9.47 Å². The zero-order valence-electron chi connectivity index (χ0n) is 14.8. The number of barbiturate groups is 1. The molecule has 0 aliphatic carbocycles. The highest BCUT2D eigenvalue weighted by Gasteiger charge is 2.38. The van der Waals surface area contributed by atoms with Crippen LogP contribution in [-0.4, -0.2) is 32.1 Å². The van der Waals surface area contributed by atoms with Gasteiger partial charge in [0.1, 0.15) is 5.57 Å². The Labute approximate surface area is 170 Å². The third-order valence-corrected chi connectivity index (χ3v) is 4.82. The van der Waals surface area contributed by atoms with Crippen LogP contribution in [0.2, 0.25) is 10.0 Å². The molecule has 2 aromatic rings. The average molecular weight is 421 g/mol. The third-order valence-electron chi connectivity index (χ3n) is 4.01. The first-order valence-corrected chi connectivity index (χ1v) is 8.71. The van der Waals surface area contributed by atoms with Gasteiger partial charge >= 0.3 is 6.03 Å². The Balaban J connectivity index is 2.11. The molecule has 1 heterocycles. The number of halogens is 2. The van der Waals surface area contributed by atoms with Gasteiger partial charge in [-0.05, 0) is 24.3 Å². The second-order valence-corrected chi connectivity index (χ2v) is 6.40. The zero-order valence-corrected chi connectivity index (χ0v) is 16.3. The van der Waals surface area contributed by atoms with Crippen LogP contribution in [-0.2, 0) is 9.59 Å². The first-order valence-electron chi connectivity index (χ1n) is 7.95.